The summed E-state index contributed by atoms with van der Waals surface area (Å²) in [6, 6.07) is 32.7. The van der Waals surface area contributed by atoms with Crippen molar-refractivity contribution in [1.29, 1.82) is 0 Å². The maximum absolute atomic E-state index is 9.32. The minimum absolute atomic E-state index is 0.00675. The van der Waals surface area contributed by atoms with Gasteiger partial charge < -0.3 is 9.80 Å². The molecule has 62 heavy (non-hydrogen) atoms. The van der Waals surface area contributed by atoms with Crippen LogP contribution in [0.3, 0.4) is 0 Å². The molecule has 314 valence electrons. The average Bonchev–Trinajstić information content (AvgIpc) is 3.63. The van der Waals surface area contributed by atoms with Crippen LogP contribution >= 0.6 is 11.3 Å². The third-order valence-electron chi connectivity index (χ3n) is 14.3. The van der Waals surface area contributed by atoms with Crippen molar-refractivity contribution in [3.05, 3.63) is 149 Å². The Labute approximate surface area is 383 Å². The van der Waals surface area contributed by atoms with Crippen LogP contribution in [-0.2, 0) is 27.1 Å². The fraction of sp³-hybridized carbons (Fsp3) is 0.345. The largest absolute Gasteiger partial charge is 0.311 e. The van der Waals surface area contributed by atoms with E-state index in [0.717, 1.165) is 51.7 Å². The molecule has 10 rings (SSSR count). The summed E-state index contributed by atoms with van der Waals surface area (Å²) < 4.78 is 46.1. The van der Waals surface area contributed by atoms with Gasteiger partial charge in [-0.3, -0.25) is 0 Å². The van der Waals surface area contributed by atoms with E-state index in [0.29, 0.717) is 5.56 Å². The topological polar surface area (TPSA) is 6.48 Å². The first-order chi connectivity index (χ1) is 31.2. The molecule has 0 spiro atoms. The van der Waals surface area contributed by atoms with Crippen molar-refractivity contribution in [3.63, 3.8) is 0 Å². The fourth-order valence-corrected chi connectivity index (χ4v) is 11.6. The zero-order chi connectivity index (χ0) is 48.2. The lowest BCUT2D eigenvalue weighted by Crippen LogP contribution is -2.61. The highest BCUT2D eigenvalue weighted by Crippen LogP contribution is 2.53. The smallest absolute Gasteiger partial charge is 0.254 e. The molecular formula is C58H63BN2S. The van der Waals surface area contributed by atoms with Crippen LogP contribution in [-0.4, -0.2) is 6.71 Å². The Bertz CT molecular complexity index is 3170. The van der Waals surface area contributed by atoms with Gasteiger partial charge in [0.2, 0.25) is 0 Å². The Morgan fingerprint density at radius 3 is 1.58 bits per heavy atom. The lowest BCUT2D eigenvalue weighted by atomic mass is 9.33. The molecule has 3 aliphatic rings. The standard InChI is InChI=1S/C58H63BN2S/c1-54(2,3)38-19-24-41(25-20-38)60-47-28-23-40(56(7,8)9)33-46(47)59-51-43-34-44-45(58(12,13)30-29-57(44,10)11)35-50(43)62-53(51)61(42-26-21-39(22-27-42)55(4,5)6)49-32-37(31-48(60)52(49)59)36-17-15-14-16-18-36/h14-28,31-35H,29-30H2,1-13H3/i14D,15D,16D,17D,18D. The van der Waals surface area contributed by atoms with Crippen LogP contribution in [0.2, 0.25) is 0 Å². The van der Waals surface area contributed by atoms with Crippen LogP contribution in [0.4, 0.5) is 33.4 Å². The molecule has 0 amide bonds. The highest BCUT2D eigenvalue weighted by molar-refractivity contribution is 7.26. The van der Waals surface area contributed by atoms with E-state index in [1.165, 1.54) is 48.8 Å². The summed E-state index contributed by atoms with van der Waals surface area (Å²) in [6.45, 7) is 29.8. The first-order valence-electron chi connectivity index (χ1n) is 25.0. The molecule has 0 atom stereocenters. The van der Waals surface area contributed by atoms with Gasteiger partial charge in [0.25, 0.3) is 6.71 Å². The second kappa shape index (κ2) is 13.7. The molecule has 0 unspecified atom stereocenters. The highest BCUT2D eigenvalue weighted by Gasteiger charge is 2.47. The highest BCUT2D eigenvalue weighted by atomic mass is 32.1. The van der Waals surface area contributed by atoms with Gasteiger partial charge in [-0.15, -0.1) is 11.3 Å². The molecule has 0 saturated heterocycles. The molecule has 0 bridgehead atoms. The molecule has 0 fully saturated rings. The quantitative estimate of drug-likeness (QED) is 0.164. The first kappa shape index (κ1) is 35.4. The molecule has 3 heterocycles. The maximum Gasteiger partial charge on any atom is 0.254 e. The van der Waals surface area contributed by atoms with Gasteiger partial charge in [0.05, 0.1) is 11.9 Å². The van der Waals surface area contributed by atoms with Gasteiger partial charge in [-0.2, -0.15) is 0 Å². The lowest BCUT2D eigenvalue weighted by molar-refractivity contribution is 0.332. The average molecular weight is 836 g/mol. The van der Waals surface area contributed by atoms with Crippen LogP contribution in [0.5, 0.6) is 0 Å². The molecule has 1 aromatic heterocycles. The van der Waals surface area contributed by atoms with E-state index >= 15 is 0 Å². The second-order valence-electron chi connectivity index (χ2n) is 22.6. The SMILES string of the molecule is [2H]c1c([2H])c([2H])c(-c2cc3c4c(c2)N(c2ccc(C(C)(C)C)cc2)c2sc5cc6c(cc5c2B4c2cc(C(C)(C)C)ccc2N3c2ccc(C(C)(C)C)cc2)C(C)(C)CCC6(C)C)c([2H])c1[2H]. The number of benzene rings is 6. The predicted octanol–water partition coefficient (Wildman–Crippen LogP) is 14.9. The van der Waals surface area contributed by atoms with Crippen LogP contribution < -0.4 is 26.2 Å². The van der Waals surface area contributed by atoms with E-state index in [1.807, 2.05) is 11.3 Å². The molecule has 4 heteroatoms. The number of hydrogen-bond donors (Lipinski definition) is 0. The van der Waals surface area contributed by atoms with Crippen LogP contribution in [0.25, 0.3) is 21.2 Å². The lowest BCUT2D eigenvalue weighted by Gasteiger charge is -2.44. The molecule has 2 nitrogen and oxygen atoms in total. The van der Waals surface area contributed by atoms with E-state index in [1.54, 1.807) is 0 Å². The summed E-state index contributed by atoms with van der Waals surface area (Å²) in [5.74, 6) is 0. The molecule has 0 radical (unpaired) electrons. The number of rotatable bonds is 3. The third kappa shape index (κ3) is 6.49. The molecule has 0 N–H and O–H groups in total. The number of fused-ring (bicyclic) bond motifs is 7. The van der Waals surface area contributed by atoms with E-state index in [4.69, 9.17) is 4.11 Å². The number of thiophene rings is 1. The van der Waals surface area contributed by atoms with Crippen molar-refractivity contribution in [2.75, 3.05) is 9.80 Å². The predicted molar refractivity (Wildman–Crippen MR) is 273 cm³/mol. The van der Waals surface area contributed by atoms with E-state index in [-0.39, 0.29) is 63.5 Å². The van der Waals surface area contributed by atoms with Gasteiger partial charge in [-0.05, 0) is 155 Å². The van der Waals surface area contributed by atoms with E-state index in [9.17, 15) is 2.74 Å². The molecule has 6 aromatic carbocycles. The fourth-order valence-electron chi connectivity index (χ4n) is 10.3. The number of anilines is 6. The van der Waals surface area contributed by atoms with E-state index in [2.05, 4.69) is 191 Å². The minimum Gasteiger partial charge on any atom is -0.311 e. The van der Waals surface area contributed by atoms with Crippen molar-refractivity contribution in [2.45, 2.75) is 130 Å². The zero-order valence-electron chi connectivity index (χ0n) is 44.0. The molecule has 7 aromatic rings. The van der Waals surface area contributed by atoms with E-state index < -0.39 is 6.04 Å². The molecular weight excluding hydrogens is 768 g/mol. The third-order valence-corrected chi connectivity index (χ3v) is 15.4. The van der Waals surface area contributed by atoms with Crippen molar-refractivity contribution in [3.8, 4) is 11.1 Å². The van der Waals surface area contributed by atoms with Crippen molar-refractivity contribution in [1.82, 2.24) is 0 Å². The molecule has 0 saturated carbocycles. The Balaban J connectivity index is 1.39. The minimum atomic E-state index is -0.396. The van der Waals surface area contributed by atoms with Crippen LogP contribution in [0.1, 0.15) is 138 Å². The van der Waals surface area contributed by atoms with Gasteiger partial charge in [-0.1, -0.05) is 157 Å². The zero-order valence-corrected chi connectivity index (χ0v) is 39.8. The summed E-state index contributed by atoms with van der Waals surface area (Å²) in [5, 5.41) is 2.43. The summed E-state index contributed by atoms with van der Waals surface area (Å²) in [5.41, 5.74) is 15.8. The Hall–Kier alpha value is -5.06. The molecule has 2 aliphatic heterocycles. The van der Waals surface area contributed by atoms with Crippen LogP contribution in [0.15, 0.2) is 121 Å². The summed E-state index contributed by atoms with van der Waals surface area (Å²) >= 11 is 1.85. The van der Waals surface area contributed by atoms with Crippen molar-refractivity contribution < 1.29 is 6.85 Å². The summed E-state index contributed by atoms with van der Waals surface area (Å²) in [7, 11) is 0. The molecule has 1 aliphatic carbocycles. The van der Waals surface area contributed by atoms with Gasteiger partial charge in [0, 0.05) is 33.1 Å². The van der Waals surface area contributed by atoms with Crippen LogP contribution in [0, 0.1) is 0 Å². The summed E-state index contributed by atoms with van der Waals surface area (Å²) in [6.07, 6.45) is 2.25. The summed E-state index contributed by atoms with van der Waals surface area (Å²) in [4.78, 5) is 4.80. The monoisotopic (exact) mass is 836 g/mol. The maximum atomic E-state index is 9.32. The Morgan fingerprint density at radius 1 is 0.532 bits per heavy atom. The van der Waals surface area contributed by atoms with Crippen molar-refractivity contribution in [2.24, 2.45) is 0 Å². The van der Waals surface area contributed by atoms with Gasteiger partial charge in [-0.25, -0.2) is 0 Å². The van der Waals surface area contributed by atoms with Gasteiger partial charge in [0.1, 0.15) is 0 Å². The second-order valence-corrected chi connectivity index (χ2v) is 23.7. The van der Waals surface area contributed by atoms with Gasteiger partial charge >= 0.3 is 0 Å². The number of nitrogens with zero attached hydrogens (tertiary/aromatic N) is 2. The van der Waals surface area contributed by atoms with Crippen molar-refractivity contribution >= 4 is 78.0 Å². The Morgan fingerprint density at radius 2 is 1.03 bits per heavy atom. The number of hydrogen-bond acceptors (Lipinski definition) is 3. The van der Waals surface area contributed by atoms with Gasteiger partial charge in [0.15, 0.2) is 0 Å². The normalized spacial score (nSPS) is 17.6. The Kier molecular flexibility index (Phi) is 7.84. The first-order valence-corrected chi connectivity index (χ1v) is 23.3.